The summed E-state index contributed by atoms with van der Waals surface area (Å²) >= 11 is 0. The van der Waals surface area contributed by atoms with Gasteiger partial charge in [-0.15, -0.1) is 0 Å². The SMILES string of the molecule is C[C@@H]1C[C@H](C(=O)O)O[C@H]2C1[C@@]1(C)CC[C@@]34CC35CC[C@H](O[C@H]3CN(C6COC6)CCO3)C(C)(C)[C@@H]5CC[C@H]4[C@]1(C)[C@H]2O.C[C@@H]1C[C@H](C=O)O[C@H]2C1[C@@]1(C)CC[C@@]34CC35CC[C@H](O[C@H]3CN(C6COC6)CCO3)C(C)(C)[C@@H]5CC[C@H]4[C@]1(C)[C@H]2O. The third kappa shape index (κ3) is 7.58. The van der Waals surface area contributed by atoms with E-state index in [-0.39, 0.29) is 92.8 Å². The van der Waals surface area contributed by atoms with Crippen LogP contribution in [0.25, 0.3) is 0 Å². The second-order valence-corrected chi connectivity index (χ2v) is 33.8. The van der Waals surface area contributed by atoms with E-state index in [1.165, 1.54) is 64.2 Å². The van der Waals surface area contributed by atoms with E-state index in [1.807, 2.05) is 0 Å². The zero-order chi connectivity index (χ0) is 58.0. The van der Waals surface area contributed by atoms with Gasteiger partial charge < -0.3 is 58.0 Å². The normalized spacial score (nSPS) is 57.2. The van der Waals surface area contributed by atoms with E-state index in [2.05, 4.69) is 79.0 Å². The lowest BCUT2D eigenvalue weighted by molar-refractivity contribution is -0.256. The Morgan fingerprint density at radius 1 is 0.554 bits per heavy atom. The van der Waals surface area contributed by atoms with Crippen molar-refractivity contribution in [2.45, 2.75) is 245 Å². The number of carbonyl (C=O) groups is 2. The fourth-order valence-corrected chi connectivity index (χ4v) is 26.7. The van der Waals surface area contributed by atoms with Crippen LogP contribution in [0.15, 0.2) is 0 Å². The Labute approximate surface area is 495 Å². The van der Waals surface area contributed by atoms with E-state index >= 15 is 0 Å². The minimum Gasteiger partial charge on any atom is -0.479 e. The maximum atomic E-state index is 12.2. The Balaban J connectivity index is 0.000000142. The number of nitrogens with zero attached hydrogens (tertiary/aromatic N) is 2. The van der Waals surface area contributed by atoms with Crippen molar-refractivity contribution in [1.29, 1.82) is 0 Å². The van der Waals surface area contributed by atoms with Crippen LogP contribution in [0.3, 0.4) is 0 Å². The summed E-state index contributed by atoms with van der Waals surface area (Å²) in [5.41, 5.74) is 1.02. The number of carbonyl (C=O) groups excluding carboxylic acids is 1. The van der Waals surface area contributed by atoms with Gasteiger partial charge in [-0.3, -0.25) is 9.80 Å². The summed E-state index contributed by atoms with van der Waals surface area (Å²) in [5.74, 6) is 2.49. The highest BCUT2D eigenvalue weighted by Gasteiger charge is 2.87. The van der Waals surface area contributed by atoms with Gasteiger partial charge >= 0.3 is 5.97 Å². The predicted molar refractivity (Wildman–Crippen MR) is 307 cm³/mol. The summed E-state index contributed by atoms with van der Waals surface area (Å²) in [4.78, 5) is 28.7. The first-order valence-electron chi connectivity index (χ1n) is 33.9. The summed E-state index contributed by atoms with van der Waals surface area (Å²) in [6.07, 6.45) is 16.3. The van der Waals surface area contributed by atoms with Crippen LogP contribution >= 0.6 is 0 Å². The summed E-state index contributed by atoms with van der Waals surface area (Å²) < 4.78 is 49.6. The fraction of sp³-hybridized carbons (Fsp3) is 0.971. The van der Waals surface area contributed by atoms with Gasteiger partial charge in [-0.05, 0) is 193 Å². The third-order valence-corrected chi connectivity index (χ3v) is 31.0. The van der Waals surface area contributed by atoms with E-state index in [4.69, 9.17) is 37.9 Å². The number of morpholine rings is 2. The molecular weight excluding hydrogens is 1050 g/mol. The Morgan fingerprint density at radius 3 is 1.40 bits per heavy atom. The number of carboxylic acid groups (broad SMARTS) is 1. The van der Waals surface area contributed by atoms with Crippen LogP contribution < -0.4 is 0 Å². The fourth-order valence-electron chi connectivity index (χ4n) is 26.7. The van der Waals surface area contributed by atoms with Crippen molar-refractivity contribution in [1.82, 2.24) is 9.80 Å². The zero-order valence-electron chi connectivity index (χ0n) is 52.3. The van der Waals surface area contributed by atoms with Gasteiger partial charge in [0.05, 0.1) is 101 Å². The molecule has 3 N–H and O–H groups in total. The molecule has 0 bridgehead atoms. The molecule has 15 nitrogen and oxygen atoms in total. The van der Waals surface area contributed by atoms with E-state index in [0.29, 0.717) is 70.3 Å². The average Bonchev–Trinajstić information content (AvgIpc) is 1.52. The van der Waals surface area contributed by atoms with Gasteiger partial charge in [0.15, 0.2) is 18.7 Å². The monoisotopic (exact) mass is 1160 g/mol. The quantitative estimate of drug-likeness (QED) is 0.197. The molecule has 10 aliphatic carbocycles. The maximum Gasteiger partial charge on any atom is 0.332 e. The molecule has 0 aromatic heterocycles. The highest BCUT2D eigenvalue weighted by atomic mass is 16.7. The molecule has 4 spiro atoms. The van der Waals surface area contributed by atoms with Crippen molar-refractivity contribution in [3.8, 4) is 0 Å². The van der Waals surface area contributed by atoms with Gasteiger partial charge in [-0.25, -0.2) is 4.79 Å². The van der Waals surface area contributed by atoms with Crippen molar-refractivity contribution in [3.63, 3.8) is 0 Å². The second-order valence-electron chi connectivity index (χ2n) is 33.8. The second kappa shape index (κ2) is 19.3. The molecule has 0 aromatic rings. The molecule has 10 saturated carbocycles. The molecular formula is C68H106N2O13. The molecule has 16 fully saturated rings. The van der Waals surface area contributed by atoms with E-state index in [1.54, 1.807) is 0 Å². The molecule has 6 saturated heterocycles. The summed E-state index contributed by atoms with van der Waals surface area (Å²) in [7, 11) is 0. The van der Waals surface area contributed by atoms with Crippen LogP contribution in [0.4, 0.5) is 0 Å². The van der Waals surface area contributed by atoms with Crippen molar-refractivity contribution < 1.29 is 62.8 Å². The highest BCUT2D eigenvalue weighted by molar-refractivity contribution is 5.72. The van der Waals surface area contributed by atoms with E-state index in [0.717, 1.165) is 104 Å². The smallest absolute Gasteiger partial charge is 0.332 e. The number of rotatable bonds is 8. The summed E-state index contributed by atoms with van der Waals surface area (Å²) in [6.45, 7) is 32.5. The first kappa shape index (κ1) is 58.1. The molecule has 26 atom stereocenters. The standard InChI is InChI=1S/C34H53NO7.C34H53NO6/c1-19-14-21(29(37)38)41-27-26(19)31(4)10-11-34-18-33(34)9-8-24(42-25-15-35(12-13-40-25)20-16-39-17-20)30(2,3)22(33)6-7-23(34)32(31,5)28(27)36;1-20-14-22(16-36)40-28-27(20)31(4)10-11-34-19-33(34)9-8-25(41-26-15-35(12-13-39-26)21-17-38-18-21)30(2,3)23(33)6-7-24(34)32(31,5)29(28)37/h19-28,36H,6-18H2,1-5H3,(H,37,38);16,20-29,37H,6-15,17-19H2,1-5H3/t19-,21-,22+,23+,24+,25+,26?,27+,28+,31-,32-,33?,34+;20-,22-,23+,24+,25+,26+,27?,28+,29+,31-,32-,33?,34+/m11/s1. The highest BCUT2D eigenvalue weighted by Crippen LogP contribution is 2.91. The molecule has 15 heteroatoms. The molecule has 16 aliphatic rings. The van der Waals surface area contributed by atoms with Gasteiger partial charge in [-0.1, -0.05) is 69.2 Å². The summed E-state index contributed by atoms with van der Waals surface area (Å²) in [6, 6.07) is 1.04. The third-order valence-electron chi connectivity index (χ3n) is 31.0. The van der Waals surface area contributed by atoms with Crippen LogP contribution in [0.2, 0.25) is 0 Å². The molecule has 0 aromatic carbocycles. The number of aliphatic hydroxyl groups excluding tert-OH is 2. The lowest BCUT2D eigenvalue weighted by Gasteiger charge is -2.64. The lowest BCUT2D eigenvalue weighted by atomic mass is 9.41. The number of carboxylic acids is 1. The molecule has 6 aliphatic heterocycles. The first-order chi connectivity index (χ1) is 39.4. The number of fused-ring (bicyclic) bond motifs is 8. The van der Waals surface area contributed by atoms with Gasteiger partial charge in [-0.2, -0.15) is 0 Å². The molecule has 16 rings (SSSR count). The van der Waals surface area contributed by atoms with E-state index < -0.39 is 24.3 Å². The largest absolute Gasteiger partial charge is 0.479 e. The minimum atomic E-state index is -0.889. The first-order valence-corrected chi connectivity index (χ1v) is 33.9. The van der Waals surface area contributed by atoms with Crippen molar-refractivity contribution in [3.05, 3.63) is 0 Å². The Hall–Kier alpha value is -1.34. The van der Waals surface area contributed by atoms with Gasteiger partial charge in [0.1, 0.15) is 12.4 Å². The molecule has 466 valence electrons. The van der Waals surface area contributed by atoms with Crippen LogP contribution in [0.1, 0.15) is 172 Å². The lowest BCUT2D eigenvalue weighted by Crippen LogP contribution is -2.60. The molecule has 0 radical (unpaired) electrons. The van der Waals surface area contributed by atoms with Gasteiger partial charge in [0, 0.05) is 23.9 Å². The van der Waals surface area contributed by atoms with Crippen LogP contribution in [-0.4, -0.2) is 177 Å². The van der Waals surface area contributed by atoms with Crippen molar-refractivity contribution in [2.24, 2.45) is 101 Å². The van der Waals surface area contributed by atoms with Crippen molar-refractivity contribution >= 4 is 12.3 Å². The number of aliphatic carboxylic acids is 1. The maximum absolute atomic E-state index is 12.2. The summed E-state index contributed by atoms with van der Waals surface area (Å²) in [5, 5.41) is 34.1. The Morgan fingerprint density at radius 2 is 0.976 bits per heavy atom. The number of aliphatic hydroxyl groups is 2. The number of ether oxygens (including phenoxy) is 8. The average molecular weight is 1160 g/mol. The molecule has 4 unspecified atom stereocenters. The Bertz CT molecular complexity index is 2540. The zero-order valence-corrected chi connectivity index (χ0v) is 52.3. The van der Waals surface area contributed by atoms with Crippen molar-refractivity contribution in [2.75, 3.05) is 65.8 Å². The topological polar surface area (TPSA) is 175 Å². The number of hydrogen-bond donors (Lipinski definition) is 3. The van der Waals surface area contributed by atoms with Crippen LogP contribution in [0, 0.1) is 101 Å². The van der Waals surface area contributed by atoms with Crippen LogP contribution in [0.5, 0.6) is 0 Å². The molecule has 83 heavy (non-hydrogen) atoms. The molecule has 6 heterocycles. The Kier molecular flexibility index (Phi) is 13.5. The number of aldehydes is 1. The predicted octanol–water partition coefficient (Wildman–Crippen LogP) is 8.77. The van der Waals surface area contributed by atoms with E-state index in [9.17, 15) is 24.9 Å². The van der Waals surface area contributed by atoms with Gasteiger partial charge in [0.2, 0.25) is 0 Å². The van der Waals surface area contributed by atoms with Crippen LogP contribution in [-0.2, 0) is 47.5 Å². The minimum absolute atomic E-state index is 0.0436. The number of hydrogen-bond acceptors (Lipinski definition) is 14. The van der Waals surface area contributed by atoms with Gasteiger partial charge in [0.25, 0.3) is 0 Å². The molecule has 0 amide bonds.